The van der Waals surface area contributed by atoms with Crippen LogP contribution in [0, 0.1) is 0 Å². The molecular formula is C27H52N2. The van der Waals surface area contributed by atoms with E-state index in [1.165, 1.54) is 121 Å². The molecule has 0 aliphatic heterocycles. The highest BCUT2D eigenvalue weighted by Crippen LogP contribution is 2.29. The standard InChI is InChI=1S/C27H52N2/c1-5-8-10-12-13-14-15-17-18-21-25(4)29-24-23-28-27(29)26(20-7-3)22-19-16-11-9-6-2/h23-26H,5-22H2,1-4H3. The Morgan fingerprint density at radius 1 is 0.655 bits per heavy atom. The lowest BCUT2D eigenvalue weighted by atomic mass is 9.94. The van der Waals surface area contributed by atoms with Gasteiger partial charge in [-0.3, -0.25) is 0 Å². The van der Waals surface area contributed by atoms with E-state index in [0.717, 1.165) is 0 Å². The van der Waals surface area contributed by atoms with Crippen LogP contribution in [0.3, 0.4) is 0 Å². The average molecular weight is 405 g/mol. The van der Waals surface area contributed by atoms with E-state index in [9.17, 15) is 0 Å². The number of unbranched alkanes of at least 4 members (excludes halogenated alkanes) is 12. The van der Waals surface area contributed by atoms with Crippen LogP contribution in [-0.2, 0) is 0 Å². The first-order valence-corrected chi connectivity index (χ1v) is 13.3. The minimum atomic E-state index is 0.594. The second-order valence-corrected chi connectivity index (χ2v) is 9.35. The molecule has 0 bridgehead atoms. The van der Waals surface area contributed by atoms with Crippen LogP contribution in [0.2, 0.25) is 0 Å². The summed E-state index contributed by atoms with van der Waals surface area (Å²) in [5.41, 5.74) is 0. The zero-order chi connectivity index (χ0) is 21.2. The lowest BCUT2D eigenvalue weighted by Gasteiger charge is -2.22. The molecule has 0 aromatic carbocycles. The van der Waals surface area contributed by atoms with Gasteiger partial charge < -0.3 is 4.57 Å². The Kier molecular flexibility index (Phi) is 16.3. The molecule has 0 spiro atoms. The molecule has 2 atom stereocenters. The van der Waals surface area contributed by atoms with Gasteiger partial charge in [0.15, 0.2) is 0 Å². The van der Waals surface area contributed by atoms with Gasteiger partial charge in [0.1, 0.15) is 5.82 Å². The number of aromatic nitrogens is 2. The molecule has 2 unspecified atom stereocenters. The first-order valence-electron chi connectivity index (χ1n) is 13.3. The summed E-state index contributed by atoms with van der Waals surface area (Å²) in [6.07, 6.45) is 29.1. The molecule has 1 aromatic heterocycles. The molecule has 0 amide bonds. The van der Waals surface area contributed by atoms with Crippen molar-refractivity contribution in [1.29, 1.82) is 0 Å². The minimum Gasteiger partial charge on any atom is -0.332 e. The fraction of sp³-hybridized carbons (Fsp3) is 0.889. The van der Waals surface area contributed by atoms with Crippen molar-refractivity contribution in [3.8, 4) is 0 Å². The smallest absolute Gasteiger partial charge is 0.111 e. The van der Waals surface area contributed by atoms with E-state index in [4.69, 9.17) is 4.98 Å². The van der Waals surface area contributed by atoms with Gasteiger partial charge in [0.05, 0.1) is 0 Å². The van der Waals surface area contributed by atoms with Crippen LogP contribution in [-0.4, -0.2) is 9.55 Å². The molecule has 1 heterocycles. The van der Waals surface area contributed by atoms with Crippen LogP contribution in [0.5, 0.6) is 0 Å². The molecule has 0 N–H and O–H groups in total. The quantitative estimate of drug-likeness (QED) is 0.198. The number of imidazole rings is 1. The van der Waals surface area contributed by atoms with Crippen LogP contribution >= 0.6 is 0 Å². The fourth-order valence-corrected chi connectivity index (χ4v) is 4.65. The lowest BCUT2D eigenvalue weighted by Crippen LogP contribution is -2.13. The van der Waals surface area contributed by atoms with Gasteiger partial charge >= 0.3 is 0 Å². The predicted molar refractivity (Wildman–Crippen MR) is 130 cm³/mol. The molecule has 2 nitrogen and oxygen atoms in total. The van der Waals surface area contributed by atoms with E-state index < -0.39 is 0 Å². The molecule has 0 saturated carbocycles. The predicted octanol–water partition coefficient (Wildman–Crippen LogP) is 9.61. The maximum absolute atomic E-state index is 4.83. The first-order chi connectivity index (χ1) is 14.2. The van der Waals surface area contributed by atoms with Gasteiger partial charge in [-0.2, -0.15) is 0 Å². The Morgan fingerprint density at radius 3 is 1.72 bits per heavy atom. The van der Waals surface area contributed by atoms with Gasteiger partial charge in [0.2, 0.25) is 0 Å². The summed E-state index contributed by atoms with van der Waals surface area (Å²) in [7, 11) is 0. The van der Waals surface area contributed by atoms with Crippen molar-refractivity contribution in [3.05, 3.63) is 18.2 Å². The van der Waals surface area contributed by atoms with Crippen LogP contribution in [0.4, 0.5) is 0 Å². The molecule has 0 aliphatic carbocycles. The Bertz CT molecular complexity index is 465. The topological polar surface area (TPSA) is 17.8 Å². The van der Waals surface area contributed by atoms with E-state index in [1.54, 1.807) is 0 Å². The molecular weight excluding hydrogens is 352 g/mol. The molecule has 1 rings (SSSR count). The van der Waals surface area contributed by atoms with Crippen LogP contribution < -0.4 is 0 Å². The maximum Gasteiger partial charge on any atom is 0.111 e. The Hall–Kier alpha value is -0.790. The maximum atomic E-state index is 4.83. The molecule has 0 radical (unpaired) electrons. The third kappa shape index (κ3) is 11.8. The van der Waals surface area contributed by atoms with Gasteiger partial charge in [-0.1, -0.05) is 117 Å². The molecule has 2 heteroatoms. The van der Waals surface area contributed by atoms with Crippen LogP contribution in [0.1, 0.15) is 161 Å². The summed E-state index contributed by atoms with van der Waals surface area (Å²) < 4.78 is 2.51. The molecule has 29 heavy (non-hydrogen) atoms. The van der Waals surface area contributed by atoms with Crippen LogP contribution in [0.15, 0.2) is 12.4 Å². The fourth-order valence-electron chi connectivity index (χ4n) is 4.65. The van der Waals surface area contributed by atoms with Gasteiger partial charge in [-0.25, -0.2) is 4.98 Å². The Balaban J connectivity index is 2.34. The summed E-state index contributed by atoms with van der Waals surface area (Å²) in [5.74, 6) is 2.02. The summed E-state index contributed by atoms with van der Waals surface area (Å²) in [6.45, 7) is 9.32. The van der Waals surface area contributed by atoms with Gasteiger partial charge in [0, 0.05) is 24.4 Å². The van der Waals surface area contributed by atoms with E-state index in [1.807, 2.05) is 6.20 Å². The number of nitrogens with zero attached hydrogens (tertiary/aromatic N) is 2. The summed E-state index contributed by atoms with van der Waals surface area (Å²) in [5, 5.41) is 0. The average Bonchev–Trinajstić information content (AvgIpc) is 3.21. The Labute approximate surface area is 183 Å². The highest BCUT2D eigenvalue weighted by Gasteiger charge is 2.18. The van der Waals surface area contributed by atoms with Crippen molar-refractivity contribution < 1.29 is 0 Å². The second-order valence-electron chi connectivity index (χ2n) is 9.35. The van der Waals surface area contributed by atoms with E-state index in [0.29, 0.717) is 12.0 Å². The van der Waals surface area contributed by atoms with Crippen molar-refractivity contribution in [3.63, 3.8) is 0 Å². The monoisotopic (exact) mass is 404 g/mol. The zero-order valence-corrected chi connectivity index (χ0v) is 20.4. The van der Waals surface area contributed by atoms with Crippen molar-refractivity contribution in [2.75, 3.05) is 0 Å². The van der Waals surface area contributed by atoms with E-state index in [-0.39, 0.29) is 0 Å². The van der Waals surface area contributed by atoms with Gasteiger partial charge in [0.25, 0.3) is 0 Å². The van der Waals surface area contributed by atoms with Crippen molar-refractivity contribution in [2.45, 2.75) is 155 Å². The first kappa shape index (κ1) is 26.2. The van der Waals surface area contributed by atoms with Crippen molar-refractivity contribution in [1.82, 2.24) is 9.55 Å². The molecule has 1 aromatic rings. The van der Waals surface area contributed by atoms with E-state index >= 15 is 0 Å². The number of hydrogen-bond donors (Lipinski definition) is 0. The Morgan fingerprint density at radius 2 is 1.17 bits per heavy atom. The molecule has 170 valence electrons. The SMILES string of the molecule is CCCCCCCCCCCC(C)n1ccnc1C(CCC)CCCCCCC. The molecule has 0 saturated heterocycles. The van der Waals surface area contributed by atoms with Crippen molar-refractivity contribution in [2.24, 2.45) is 0 Å². The minimum absolute atomic E-state index is 0.594. The number of rotatable bonds is 20. The van der Waals surface area contributed by atoms with Crippen molar-refractivity contribution >= 4 is 0 Å². The zero-order valence-electron chi connectivity index (χ0n) is 20.4. The summed E-state index contributed by atoms with van der Waals surface area (Å²) in [6, 6.07) is 0.594. The highest BCUT2D eigenvalue weighted by molar-refractivity contribution is 5.02. The molecule has 0 aliphatic rings. The van der Waals surface area contributed by atoms with E-state index in [2.05, 4.69) is 38.5 Å². The van der Waals surface area contributed by atoms with Gasteiger partial charge in [-0.15, -0.1) is 0 Å². The van der Waals surface area contributed by atoms with Gasteiger partial charge in [-0.05, 0) is 26.2 Å². The third-order valence-electron chi connectivity index (χ3n) is 6.56. The molecule has 0 fully saturated rings. The lowest BCUT2D eigenvalue weighted by molar-refractivity contribution is 0.419. The largest absolute Gasteiger partial charge is 0.332 e. The third-order valence-corrected chi connectivity index (χ3v) is 6.56. The number of hydrogen-bond acceptors (Lipinski definition) is 1. The van der Waals surface area contributed by atoms with Crippen LogP contribution in [0.25, 0.3) is 0 Å². The normalized spacial score (nSPS) is 13.7. The summed E-state index contributed by atoms with van der Waals surface area (Å²) >= 11 is 0. The summed E-state index contributed by atoms with van der Waals surface area (Å²) in [4.78, 5) is 4.83. The second kappa shape index (κ2) is 18.0. The highest BCUT2D eigenvalue weighted by atomic mass is 15.1.